The number of esters is 1. The Balaban J connectivity index is 2.20. The Hall–Kier alpha value is -2.05. The van der Waals surface area contributed by atoms with Crippen molar-refractivity contribution in [3.63, 3.8) is 0 Å². The normalized spacial score (nSPS) is 12.1. The highest BCUT2D eigenvalue weighted by atomic mass is 19.2. The fourth-order valence-corrected chi connectivity index (χ4v) is 4.37. The molecule has 1 unspecified atom stereocenters. The first-order valence-corrected chi connectivity index (χ1v) is 14.4. The number of hydrogen-bond acceptors (Lipinski definition) is 3. The maximum atomic E-state index is 14.0. The van der Waals surface area contributed by atoms with Gasteiger partial charge in [-0.3, -0.25) is 4.79 Å². The van der Waals surface area contributed by atoms with Crippen LogP contribution in [0.4, 0.5) is 13.2 Å². The SMILES string of the molecule is CCCCCCCCCCCCCCCCCOC(=O)C(CC(C)C)NC(=O)c1ccc(F)c(F)c1F. The third-order valence-corrected chi connectivity index (χ3v) is 6.57. The summed E-state index contributed by atoms with van der Waals surface area (Å²) in [5, 5.41) is 2.41. The lowest BCUT2D eigenvalue weighted by Crippen LogP contribution is -2.43. The molecule has 0 saturated heterocycles. The molecule has 1 N–H and O–H groups in total. The number of halogens is 3. The number of benzene rings is 1. The van der Waals surface area contributed by atoms with Crippen LogP contribution >= 0.6 is 0 Å². The largest absolute Gasteiger partial charge is 0.464 e. The molecular formula is C30H48F3NO3. The first-order valence-electron chi connectivity index (χ1n) is 14.4. The molecule has 0 heterocycles. The minimum atomic E-state index is -1.72. The summed E-state index contributed by atoms with van der Waals surface area (Å²) >= 11 is 0. The van der Waals surface area contributed by atoms with E-state index in [2.05, 4.69) is 12.2 Å². The number of ether oxygens (including phenoxy) is 1. The topological polar surface area (TPSA) is 55.4 Å². The second kappa shape index (κ2) is 20.0. The monoisotopic (exact) mass is 527 g/mol. The predicted molar refractivity (Wildman–Crippen MR) is 143 cm³/mol. The molecule has 0 aromatic heterocycles. The molecule has 0 radical (unpaired) electrons. The fraction of sp³-hybridized carbons (Fsp3) is 0.733. The standard InChI is InChI=1S/C30H48F3NO3/c1-4-5-6-7-8-9-10-11-12-13-14-15-16-17-18-21-37-30(36)26(22-23(2)3)34-29(35)24-19-20-25(31)28(33)27(24)32/h19-20,23,26H,4-18,21-22H2,1-3H3,(H,34,35). The first kappa shape index (κ1) is 33.0. The summed E-state index contributed by atoms with van der Waals surface area (Å²) in [5.41, 5.74) is -0.650. The molecule has 0 fully saturated rings. The van der Waals surface area contributed by atoms with Gasteiger partial charge in [0.2, 0.25) is 0 Å². The molecule has 0 spiro atoms. The van der Waals surface area contributed by atoms with Gasteiger partial charge in [-0.2, -0.15) is 0 Å². The van der Waals surface area contributed by atoms with E-state index in [0.717, 1.165) is 25.3 Å². The van der Waals surface area contributed by atoms with Crippen LogP contribution in [0.2, 0.25) is 0 Å². The van der Waals surface area contributed by atoms with Crippen LogP contribution in [0.15, 0.2) is 12.1 Å². The molecule has 212 valence electrons. The van der Waals surface area contributed by atoms with Crippen LogP contribution in [0.5, 0.6) is 0 Å². The maximum absolute atomic E-state index is 14.0. The van der Waals surface area contributed by atoms with Crippen molar-refractivity contribution in [3.05, 3.63) is 35.1 Å². The van der Waals surface area contributed by atoms with Crippen LogP contribution in [-0.4, -0.2) is 24.5 Å². The van der Waals surface area contributed by atoms with Crippen molar-refractivity contribution < 1.29 is 27.5 Å². The minimum absolute atomic E-state index is 0.0541. The van der Waals surface area contributed by atoms with Crippen LogP contribution < -0.4 is 5.32 Å². The van der Waals surface area contributed by atoms with Crippen molar-refractivity contribution in [1.82, 2.24) is 5.32 Å². The molecule has 0 aliphatic carbocycles. The second-order valence-corrected chi connectivity index (χ2v) is 10.5. The van der Waals surface area contributed by atoms with Crippen LogP contribution in [0.1, 0.15) is 134 Å². The number of carbonyl (C=O) groups is 2. The van der Waals surface area contributed by atoms with Gasteiger partial charge >= 0.3 is 5.97 Å². The van der Waals surface area contributed by atoms with Gasteiger partial charge in [-0.05, 0) is 30.9 Å². The summed E-state index contributed by atoms with van der Waals surface area (Å²) in [6.45, 7) is 6.25. The van der Waals surface area contributed by atoms with Crippen molar-refractivity contribution in [2.45, 2.75) is 130 Å². The minimum Gasteiger partial charge on any atom is -0.464 e. The van der Waals surface area contributed by atoms with E-state index in [4.69, 9.17) is 4.74 Å². The molecule has 1 atom stereocenters. The summed E-state index contributed by atoms with van der Waals surface area (Å²) in [5.74, 6) is -6.20. The Bertz CT molecular complexity index is 786. The van der Waals surface area contributed by atoms with Crippen LogP contribution in [0, 0.1) is 23.4 Å². The van der Waals surface area contributed by atoms with E-state index in [-0.39, 0.29) is 18.9 Å². The van der Waals surface area contributed by atoms with Crippen molar-refractivity contribution in [2.75, 3.05) is 6.61 Å². The zero-order valence-electron chi connectivity index (χ0n) is 23.2. The van der Waals surface area contributed by atoms with Gasteiger partial charge in [0, 0.05) is 0 Å². The molecular weight excluding hydrogens is 479 g/mol. The van der Waals surface area contributed by atoms with Gasteiger partial charge in [0.1, 0.15) is 6.04 Å². The summed E-state index contributed by atoms with van der Waals surface area (Å²) in [7, 11) is 0. The number of hydrogen-bond donors (Lipinski definition) is 1. The molecule has 1 aromatic rings. The zero-order valence-corrected chi connectivity index (χ0v) is 23.2. The third-order valence-electron chi connectivity index (χ3n) is 6.57. The average Bonchev–Trinajstić information content (AvgIpc) is 2.86. The van der Waals surface area contributed by atoms with E-state index in [1.165, 1.54) is 77.0 Å². The maximum Gasteiger partial charge on any atom is 0.328 e. The van der Waals surface area contributed by atoms with Gasteiger partial charge in [0.25, 0.3) is 5.91 Å². The summed E-state index contributed by atoms with van der Waals surface area (Å²) < 4.78 is 45.9. The van der Waals surface area contributed by atoms with Gasteiger partial charge in [-0.1, -0.05) is 111 Å². The molecule has 0 bridgehead atoms. The highest BCUT2D eigenvalue weighted by Crippen LogP contribution is 2.17. The van der Waals surface area contributed by atoms with Crippen LogP contribution in [0.3, 0.4) is 0 Å². The highest BCUT2D eigenvalue weighted by molar-refractivity contribution is 5.97. The lowest BCUT2D eigenvalue weighted by Gasteiger charge is -2.19. The van der Waals surface area contributed by atoms with Crippen LogP contribution in [-0.2, 0) is 9.53 Å². The molecule has 0 aliphatic heterocycles. The predicted octanol–water partition coefficient (Wildman–Crippen LogP) is 8.66. The fourth-order valence-electron chi connectivity index (χ4n) is 4.37. The Morgan fingerprint density at radius 1 is 0.757 bits per heavy atom. The Morgan fingerprint density at radius 3 is 1.73 bits per heavy atom. The number of carbonyl (C=O) groups excluding carboxylic acids is 2. The van der Waals surface area contributed by atoms with Crippen molar-refractivity contribution in [2.24, 2.45) is 5.92 Å². The molecule has 1 aromatic carbocycles. The van der Waals surface area contributed by atoms with E-state index in [0.29, 0.717) is 6.07 Å². The third kappa shape index (κ3) is 14.5. The smallest absolute Gasteiger partial charge is 0.328 e. The van der Waals surface area contributed by atoms with E-state index in [1.54, 1.807) is 0 Å². The van der Waals surface area contributed by atoms with Crippen molar-refractivity contribution >= 4 is 11.9 Å². The molecule has 37 heavy (non-hydrogen) atoms. The number of unbranched alkanes of at least 4 members (excludes halogenated alkanes) is 14. The van der Waals surface area contributed by atoms with Crippen molar-refractivity contribution in [1.29, 1.82) is 0 Å². The quantitative estimate of drug-likeness (QED) is 0.0988. The average molecular weight is 528 g/mol. The summed E-state index contributed by atoms with van der Waals surface area (Å²) in [6, 6.07) is 0.548. The lowest BCUT2D eigenvalue weighted by molar-refractivity contribution is -0.146. The summed E-state index contributed by atoms with van der Waals surface area (Å²) in [4.78, 5) is 24.9. The van der Waals surface area contributed by atoms with E-state index < -0.39 is 40.9 Å². The van der Waals surface area contributed by atoms with E-state index >= 15 is 0 Å². The summed E-state index contributed by atoms with van der Waals surface area (Å²) in [6.07, 6.45) is 18.9. The Labute approximate surface area is 222 Å². The molecule has 0 saturated carbocycles. The Morgan fingerprint density at radius 2 is 1.24 bits per heavy atom. The number of amides is 1. The molecule has 7 heteroatoms. The molecule has 1 rings (SSSR count). The zero-order chi connectivity index (χ0) is 27.5. The van der Waals surface area contributed by atoms with Crippen molar-refractivity contribution in [3.8, 4) is 0 Å². The van der Waals surface area contributed by atoms with Gasteiger partial charge in [-0.25, -0.2) is 18.0 Å². The van der Waals surface area contributed by atoms with Gasteiger partial charge < -0.3 is 10.1 Å². The molecule has 0 aliphatic rings. The lowest BCUT2D eigenvalue weighted by atomic mass is 10.0. The van der Waals surface area contributed by atoms with Gasteiger partial charge in [0.15, 0.2) is 17.5 Å². The number of nitrogens with one attached hydrogen (secondary N) is 1. The first-order chi connectivity index (χ1) is 17.8. The number of rotatable bonds is 21. The highest BCUT2D eigenvalue weighted by Gasteiger charge is 2.26. The van der Waals surface area contributed by atoms with Gasteiger partial charge in [0.05, 0.1) is 12.2 Å². The molecule has 1 amide bonds. The van der Waals surface area contributed by atoms with Gasteiger partial charge in [-0.15, -0.1) is 0 Å². The molecule has 4 nitrogen and oxygen atoms in total. The Kier molecular flexibility index (Phi) is 17.8. The van der Waals surface area contributed by atoms with Crippen LogP contribution in [0.25, 0.3) is 0 Å². The van der Waals surface area contributed by atoms with E-state index in [1.807, 2.05) is 13.8 Å². The van der Waals surface area contributed by atoms with E-state index in [9.17, 15) is 22.8 Å². The second-order valence-electron chi connectivity index (χ2n) is 10.5.